The number of rotatable bonds is 7. The van der Waals surface area contributed by atoms with E-state index in [1.165, 1.54) is 6.07 Å². The number of carbonyl (C=O) groups is 1. The molecule has 158 valence electrons. The van der Waals surface area contributed by atoms with Crippen LogP contribution in [0.1, 0.15) is 44.9 Å². The van der Waals surface area contributed by atoms with Crippen LogP contribution >= 0.6 is 0 Å². The fourth-order valence-electron chi connectivity index (χ4n) is 2.76. The Balaban J connectivity index is 1.91. The normalized spacial score (nSPS) is 12.9. The largest absolute Gasteiger partial charge is 0.484 e. The lowest BCUT2D eigenvalue weighted by molar-refractivity contribution is -0.123. The van der Waals surface area contributed by atoms with E-state index in [-0.39, 0.29) is 35.5 Å². The highest BCUT2D eigenvalue weighted by molar-refractivity contribution is 7.92. The van der Waals surface area contributed by atoms with E-state index >= 15 is 0 Å². The molecule has 29 heavy (non-hydrogen) atoms. The summed E-state index contributed by atoms with van der Waals surface area (Å²) in [6.07, 6.45) is 1.08. The molecule has 0 bridgehead atoms. The van der Waals surface area contributed by atoms with Gasteiger partial charge in [-0.1, -0.05) is 39.0 Å². The average molecular weight is 423 g/mol. The number of amides is 1. The van der Waals surface area contributed by atoms with Crippen molar-refractivity contribution in [2.45, 2.75) is 39.2 Å². The van der Waals surface area contributed by atoms with E-state index in [1.807, 2.05) is 20.8 Å². The molecule has 0 aliphatic rings. The molecule has 0 aliphatic heterocycles. The number of halogens is 1. The molecule has 2 rings (SSSR count). The molecule has 1 atom stereocenters. The zero-order valence-corrected chi connectivity index (χ0v) is 18.1. The Kier molecular flexibility index (Phi) is 6.89. The van der Waals surface area contributed by atoms with E-state index in [1.54, 1.807) is 43.3 Å². The van der Waals surface area contributed by atoms with Crippen molar-refractivity contribution in [2.24, 2.45) is 0 Å². The van der Waals surface area contributed by atoms with Crippen LogP contribution < -0.4 is 14.8 Å². The minimum Gasteiger partial charge on any atom is -0.484 e. The van der Waals surface area contributed by atoms with E-state index < -0.39 is 10.0 Å². The van der Waals surface area contributed by atoms with Gasteiger partial charge in [-0.25, -0.2) is 12.8 Å². The smallest absolute Gasteiger partial charge is 0.258 e. The molecule has 0 fully saturated rings. The Labute approximate surface area is 171 Å². The number of sulfonamides is 1. The lowest BCUT2D eigenvalue weighted by Crippen LogP contribution is -2.31. The van der Waals surface area contributed by atoms with E-state index in [4.69, 9.17) is 4.74 Å². The lowest BCUT2D eigenvalue weighted by Gasteiger charge is -2.20. The van der Waals surface area contributed by atoms with Crippen LogP contribution in [0.15, 0.2) is 42.5 Å². The molecule has 0 saturated heterocycles. The Hall–Kier alpha value is -2.61. The van der Waals surface area contributed by atoms with Gasteiger partial charge in [0.2, 0.25) is 10.0 Å². The second kappa shape index (κ2) is 8.82. The van der Waals surface area contributed by atoms with Gasteiger partial charge in [0, 0.05) is 11.8 Å². The van der Waals surface area contributed by atoms with Crippen LogP contribution in [0.3, 0.4) is 0 Å². The van der Waals surface area contributed by atoms with Crippen LogP contribution in [0, 0.1) is 5.82 Å². The maximum atomic E-state index is 14.2. The molecule has 0 radical (unpaired) electrons. The van der Waals surface area contributed by atoms with E-state index in [9.17, 15) is 17.6 Å². The van der Waals surface area contributed by atoms with E-state index in [2.05, 4.69) is 10.0 Å². The van der Waals surface area contributed by atoms with E-state index in [0.717, 1.165) is 11.8 Å². The summed E-state index contributed by atoms with van der Waals surface area (Å²) in [6.45, 7) is 7.32. The van der Waals surface area contributed by atoms with Gasteiger partial charge in [0.25, 0.3) is 5.91 Å². The van der Waals surface area contributed by atoms with Crippen molar-refractivity contribution in [3.8, 4) is 5.75 Å². The summed E-state index contributed by atoms with van der Waals surface area (Å²) < 4.78 is 44.5. The minimum absolute atomic E-state index is 0.244. The molecule has 0 saturated carbocycles. The van der Waals surface area contributed by atoms with Crippen LogP contribution in [0.25, 0.3) is 0 Å². The molecule has 8 heteroatoms. The van der Waals surface area contributed by atoms with Gasteiger partial charge in [0.15, 0.2) is 6.61 Å². The third-order valence-corrected chi connectivity index (χ3v) is 4.82. The van der Waals surface area contributed by atoms with Crippen molar-refractivity contribution in [2.75, 3.05) is 17.6 Å². The molecule has 0 aromatic heterocycles. The standard InChI is InChI=1S/C21H27FN2O4S/c1-14(15-6-8-16(9-7-15)24-29(5,26)27)23-20(25)13-28-17-10-11-18(19(22)12-17)21(2,3)4/h6-12,14,24H,13H2,1-5H3,(H,23,25)/t14-/m1/s1. The van der Waals surface area contributed by atoms with Crippen molar-refractivity contribution < 1.29 is 22.3 Å². The topological polar surface area (TPSA) is 84.5 Å². The van der Waals surface area contributed by atoms with Gasteiger partial charge in [-0.15, -0.1) is 0 Å². The van der Waals surface area contributed by atoms with Crippen molar-refractivity contribution in [3.05, 3.63) is 59.4 Å². The summed E-state index contributed by atoms with van der Waals surface area (Å²) in [5.74, 6) is -0.433. The first-order valence-corrected chi connectivity index (χ1v) is 11.0. The molecular weight excluding hydrogens is 395 g/mol. The quantitative estimate of drug-likeness (QED) is 0.712. The lowest BCUT2D eigenvalue weighted by atomic mass is 9.87. The Morgan fingerprint density at radius 1 is 1.14 bits per heavy atom. The predicted octanol–water partition coefficient (Wildman–Crippen LogP) is 3.75. The van der Waals surface area contributed by atoms with Crippen molar-refractivity contribution in [1.82, 2.24) is 5.32 Å². The Morgan fingerprint density at radius 3 is 2.28 bits per heavy atom. The summed E-state index contributed by atoms with van der Waals surface area (Å²) >= 11 is 0. The second-order valence-corrected chi connectivity index (χ2v) is 9.71. The van der Waals surface area contributed by atoms with Gasteiger partial charge in [-0.05, 0) is 41.7 Å². The average Bonchev–Trinajstić information content (AvgIpc) is 2.58. The van der Waals surface area contributed by atoms with Gasteiger partial charge in [0.1, 0.15) is 11.6 Å². The van der Waals surface area contributed by atoms with E-state index in [0.29, 0.717) is 11.3 Å². The first kappa shape index (κ1) is 22.7. The summed E-state index contributed by atoms with van der Waals surface area (Å²) in [4.78, 5) is 12.1. The number of anilines is 1. The zero-order valence-electron chi connectivity index (χ0n) is 17.2. The molecule has 2 N–H and O–H groups in total. The van der Waals surface area contributed by atoms with Crippen LogP contribution in [0.4, 0.5) is 10.1 Å². The molecule has 0 heterocycles. The third kappa shape index (κ3) is 7.05. The molecule has 0 spiro atoms. The SMILES string of the molecule is C[C@@H](NC(=O)COc1ccc(C(C)(C)C)c(F)c1)c1ccc(NS(C)(=O)=O)cc1. The fourth-order valence-corrected chi connectivity index (χ4v) is 3.33. The molecule has 0 aliphatic carbocycles. The number of carbonyl (C=O) groups excluding carboxylic acids is 1. The summed E-state index contributed by atoms with van der Waals surface area (Å²) in [5, 5.41) is 2.79. The number of hydrogen-bond acceptors (Lipinski definition) is 4. The van der Waals surface area contributed by atoms with Crippen LogP contribution in [0.5, 0.6) is 5.75 Å². The molecule has 0 unspecified atom stereocenters. The van der Waals surface area contributed by atoms with Crippen LogP contribution in [-0.4, -0.2) is 27.2 Å². The Bertz CT molecular complexity index is 967. The maximum absolute atomic E-state index is 14.2. The fraction of sp³-hybridized carbons (Fsp3) is 0.381. The van der Waals surface area contributed by atoms with Crippen molar-refractivity contribution >= 4 is 21.6 Å². The van der Waals surface area contributed by atoms with Crippen molar-refractivity contribution in [1.29, 1.82) is 0 Å². The highest BCUT2D eigenvalue weighted by Crippen LogP contribution is 2.27. The van der Waals surface area contributed by atoms with Crippen molar-refractivity contribution in [3.63, 3.8) is 0 Å². The van der Waals surface area contributed by atoms with Gasteiger partial charge in [-0.3, -0.25) is 9.52 Å². The van der Waals surface area contributed by atoms with Crippen LogP contribution in [-0.2, 0) is 20.2 Å². The first-order chi connectivity index (χ1) is 13.3. The highest BCUT2D eigenvalue weighted by Gasteiger charge is 2.19. The predicted molar refractivity (Wildman–Crippen MR) is 112 cm³/mol. The first-order valence-electron chi connectivity index (χ1n) is 9.15. The van der Waals surface area contributed by atoms with Gasteiger partial charge in [-0.2, -0.15) is 0 Å². The molecule has 2 aromatic carbocycles. The summed E-state index contributed by atoms with van der Waals surface area (Å²) in [5.41, 5.74) is 1.51. The molecule has 1 amide bonds. The maximum Gasteiger partial charge on any atom is 0.258 e. The summed E-state index contributed by atoms with van der Waals surface area (Å²) in [7, 11) is -3.34. The molecular formula is C21H27FN2O4S. The van der Waals surface area contributed by atoms with Gasteiger partial charge < -0.3 is 10.1 Å². The number of benzene rings is 2. The number of ether oxygens (including phenoxy) is 1. The molecule has 2 aromatic rings. The van der Waals surface area contributed by atoms with Crippen LogP contribution in [0.2, 0.25) is 0 Å². The zero-order chi connectivity index (χ0) is 21.8. The second-order valence-electron chi connectivity index (χ2n) is 7.97. The monoisotopic (exact) mass is 422 g/mol. The molecule has 6 nitrogen and oxygen atoms in total. The summed E-state index contributed by atoms with van der Waals surface area (Å²) in [6, 6.07) is 11.0. The third-order valence-electron chi connectivity index (χ3n) is 4.21. The van der Waals surface area contributed by atoms with Gasteiger partial charge >= 0.3 is 0 Å². The number of nitrogens with one attached hydrogen (secondary N) is 2. The number of hydrogen-bond donors (Lipinski definition) is 2. The highest BCUT2D eigenvalue weighted by atomic mass is 32.2. The Morgan fingerprint density at radius 2 is 1.76 bits per heavy atom. The minimum atomic E-state index is -3.34. The van der Waals surface area contributed by atoms with Gasteiger partial charge in [0.05, 0.1) is 12.3 Å².